The molecule has 0 bridgehead atoms. The van der Waals surface area contributed by atoms with E-state index in [-0.39, 0.29) is 11.7 Å². The summed E-state index contributed by atoms with van der Waals surface area (Å²) in [5.41, 5.74) is 3.86. The second-order valence-corrected chi connectivity index (χ2v) is 10.2. The Balaban J connectivity index is 1.79. The quantitative estimate of drug-likeness (QED) is 0.220. The molecule has 8 heteroatoms. The van der Waals surface area contributed by atoms with Crippen LogP contribution in [0.5, 0.6) is 17.2 Å². The smallest absolute Gasteiger partial charge is 0.273 e. The maximum absolute atomic E-state index is 13.6. The van der Waals surface area contributed by atoms with Crippen molar-refractivity contribution in [2.24, 2.45) is 0 Å². The number of nitrogens with one attached hydrogen (secondary N) is 1. The molecule has 0 saturated carbocycles. The average Bonchev–Trinajstić information content (AvgIpc) is 3.44. The number of amides is 1. The number of nitrogens with zero attached hydrogens (tertiary/aromatic N) is 2. The zero-order valence-corrected chi connectivity index (χ0v) is 23.5. The third-order valence-corrected chi connectivity index (χ3v) is 7.39. The monoisotopic (exact) mass is 539 g/mol. The summed E-state index contributed by atoms with van der Waals surface area (Å²) in [7, 11) is 0. The van der Waals surface area contributed by atoms with Gasteiger partial charge in [0.1, 0.15) is 17.1 Å². The molecule has 2 N–H and O–H groups in total. The fourth-order valence-corrected chi connectivity index (χ4v) is 5.15. The highest BCUT2D eigenvalue weighted by Gasteiger charge is 2.42. The van der Waals surface area contributed by atoms with Crippen molar-refractivity contribution in [2.45, 2.75) is 72.3 Å². The standard InChI is InChI=1S/C30H38ClN3O4/c1-5-8-10-14-34-29(20-12-13-24(25(17-20)37-7-3)38-15-11-9-6-2)26-27(32-33-28(26)30(34)36)21-18-22(31)19(4)16-23(21)35/h12-13,16-18,29,35H,5-11,14-15H2,1-4H3,(H,32,33). The first kappa shape index (κ1) is 27.8. The third-order valence-electron chi connectivity index (χ3n) is 6.99. The lowest BCUT2D eigenvalue weighted by molar-refractivity contribution is 0.0740. The molecule has 1 amide bonds. The Hall–Kier alpha value is -3.19. The second-order valence-electron chi connectivity index (χ2n) is 9.78. The summed E-state index contributed by atoms with van der Waals surface area (Å²) in [6.07, 6.45) is 6.20. The number of rotatable bonds is 13. The molecular formula is C30H38ClN3O4. The molecule has 204 valence electrons. The van der Waals surface area contributed by atoms with Gasteiger partial charge in [0.05, 0.1) is 19.3 Å². The summed E-state index contributed by atoms with van der Waals surface area (Å²) in [5.74, 6) is 1.32. The Labute approximate surface area is 230 Å². The van der Waals surface area contributed by atoms with Crippen LogP contribution in [0.4, 0.5) is 0 Å². The van der Waals surface area contributed by atoms with E-state index in [1.807, 2.05) is 36.9 Å². The highest BCUT2D eigenvalue weighted by molar-refractivity contribution is 6.31. The summed E-state index contributed by atoms with van der Waals surface area (Å²) in [6, 6.07) is 8.84. The van der Waals surface area contributed by atoms with Gasteiger partial charge in [-0.1, -0.05) is 57.2 Å². The van der Waals surface area contributed by atoms with Crippen LogP contribution in [0.1, 0.15) is 92.5 Å². The van der Waals surface area contributed by atoms with Crippen LogP contribution in [0.3, 0.4) is 0 Å². The summed E-state index contributed by atoms with van der Waals surface area (Å²) in [4.78, 5) is 15.5. The van der Waals surface area contributed by atoms with Crippen molar-refractivity contribution < 1.29 is 19.4 Å². The van der Waals surface area contributed by atoms with E-state index >= 15 is 0 Å². The lowest BCUT2D eigenvalue weighted by Crippen LogP contribution is -2.30. The number of aromatic hydroxyl groups is 1. The van der Waals surface area contributed by atoms with Gasteiger partial charge in [-0.15, -0.1) is 0 Å². The highest BCUT2D eigenvalue weighted by atomic mass is 35.5. The van der Waals surface area contributed by atoms with E-state index in [0.29, 0.717) is 53.2 Å². The number of aryl methyl sites for hydroxylation is 1. The van der Waals surface area contributed by atoms with Gasteiger partial charge in [-0.2, -0.15) is 5.10 Å². The van der Waals surface area contributed by atoms with Crippen LogP contribution >= 0.6 is 11.6 Å². The van der Waals surface area contributed by atoms with Gasteiger partial charge in [-0.05, 0) is 62.1 Å². The number of hydrogen-bond donors (Lipinski definition) is 2. The summed E-state index contributed by atoms with van der Waals surface area (Å²) in [6.45, 7) is 9.82. The van der Waals surface area contributed by atoms with E-state index in [1.54, 1.807) is 12.1 Å². The number of carbonyl (C=O) groups excluding carboxylic acids is 1. The first-order valence-corrected chi connectivity index (χ1v) is 14.1. The number of H-pyrrole nitrogens is 1. The first-order chi connectivity index (χ1) is 18.4. The number of hydrogen-bond acceptors (Lipinski definition) is 5. The number of aromatic amines is 1. The molecular weight excluding hydrogens is 502 g/mol. The van der Waals surface area contributed by atoms with Crippen LogP contribution in [-0.4, -0.2) is 45.9 Å². The molecule has 0 aliphatic carbocycles. The van der Waals surface area contributed by atoms with Gasteiger partial charge in [-0.25, -0.2) is 0 Å². The molecule has 1 aromatic heterocycles. The average molecular weight is 540 g/mol. The maximum Gasteiger partial charge on any atom is 0.273 e. The van der Waals surface area contributed by atoms with Gasteiger partial charge in [0.25, 0.3) is 5.91 Å². The number of unbranched alkanes of at least 4 members (excludes halogenated alkanes) is 4. The molecule has 38 heavy (non-hydrogen) atoms. The Morgan fingerprint density at radius 3 is 2.53 bits per heavy atom. The molecule has 1 aliphatic heterocycles. The fraction of sp³-hybridized carbons (Fsp3) is 0.467. The maximum atomic E-state index is 13.6. The van der Waals surface area contributed by atoms with E-state index in [2.05, 4.69) is 24.0 Å². The molecule has 2 heterocycles. The molecule has 1 aliphatic rings. The number of benzene rings is 2. The van der Waals surface area contributed by atoms with Crippen LogP contribution in [0.15, 0.2) is 30.3 Å². The molecule has 4 rings (SSSR count). The van der Waals surface area contributed by atoms with Crippen molar-refractivity contribution in [1.29, 1.82) is 0 Å². The molecule has 0 saturated heterocycles. The highest BCUT2D eigenvalue weighted by Crippen LogP contribution is 2.46. The van der Waals surface area contributed by atoms with Crippen LogP contribution < -0.4 is 9.47 Å². The Bertz CT molecular complexity index is 1270. The Morgan fingerprint density at radius 2 is 1.79 bits per heavy atom. The van der Waals surface area contributed by atoms with Crippen molar-refractivity contribution in [3.05, 3.63) is 57.7 Å². The molecule has 1 atom stereocenters. The lowest BCUT2D eigenvalue weighted by Gasteiger charge is -2.27. The number of aromatic nitrogens is 2. The zero-order chi connectivity index (χ0) is 27.2. The topological polar surface area (TPSA) is 87.7 Å². The minimum Gasteiger partial charge on any atom is -0.507 e. The summed E-state index contributed by atoms with van der Waals surface area (Å²) >= 11 is 6.43. The molecule has 3 aromatic rings. The number of ether oxygens (including phenoxy) is 2. The normalized spacial score (nSPS) is 14.7. The molecule has 0 radical (unpaired) electrons. The minimum atomic E-state index is -0.393. The summed E-state index contributed by atoms with van der Waals surface area (Å²) in [5, 5.41) is 18.8. The van der Waals surface area contributed by atoms with E-state index in [0.717, 1.165) is 55.2 Å². The van der Waals surface area contributed by atoms with Gasteiger partial charge < -0.3 is 19.5 Å². The predicted octanol–water partition coefficient (Wildman–Crippen LogP) is 7.45. The van der Waals surface area contributed by atoms with Gasteiger partial charge in [-0.3, -0.25) is 9.89 Å². The van der Waals surface area contributed by atoms with Crippen molar-refractivity contribution in [3.63, 3.8) is 0 Å². The van der Waals surface area contributed by atoms with Gasteiger partial charge in [0.2, 0.25) is 0 Å². The van der Waals surface area contributed by atoms with Gasteiger partial charge in [0, 0.05) is 22.7 Å². The molecule has 0 spiro atoms. The third kappa shape index (κ3) is 5.63. The van der Waals surface area contributed by atoms with Crippen molar-refractivity contribution in [2.75, 3.05) is 19.8 Å². The van der Waals surface area contributed by atoms with E-state index < -0.39 is 6.04 Å². The first-order valence-electron chi connectivity index (χ1n) is 13.7. The van der Waals surface area contributed by atoms with Gasteiger partial charge in [0.15, 0.2) is 11.5 Å². The number of carbonyl (C=O) groups is 1. The number of phenolic OH excluding ortho intramolecular Hbond substituents is 1. The van der Waals surface area contributed by atoms with Crippen LogP contribution in [0.25, 0.3) is 11.3 Å². The van der Waals surface area contributed by atoms with Crippen LogP contribution in [0.2, 0.25) is 5.02 Å². The second kappa shape index (κ2) is 12.6. The minimum absolute atomic E-state index is 0.0719. The Morgan fingerprint density at radius 1 is 1.03 bits per heavy atom. The predicted molar refractivity (Wildman–Crippen MR) is 150 cm³/mol. The molecule has 2 aromatic carbocycles. The SMILES string of the molecule is CCCCCOc1ccc(C2c3c(-c4cc(Cl)c(C)cc4O)n[nH]c3C(=O)N2CCCCC)cc1OCC. The van der Waals surface area contributed by atoms with E-state index in [9.17, 15) is 9.90 Å². The number of phenols is 1. The lowest BCUT2D eigenvalue weighted by atomic mass is 9.95. The summed E-state index contributed by atoms with van der Waals surface area (Å²) < 4.78 is 12.0. The van der Waals surface area contributed by atoms with Crippen molar-refractivity contribution in [3.8, 4) is 28.5 Å². The zero-order valence-electron chi connectivity index (χ0n) is 22.8. The fourth-order valence-electron chi connectivity index (χ4n) is 4.98. The largest absolute Gasteiger partial charge is 0.507 e. The van der Waals surface area contributed by atoms with E-state index in [4.69, 9.17) is 21.1 Å². The van der Waals surface area contributed by atoms with Gasteiger partial charge >= 0.3 is 0 Å². The number of fused-ring (bicyclic) bond motifs is 1. The van der Waals surface area contributed by atoms with E-state index in [1.165, 1.54) is 0 Å². The van der Waals surface area contributed by atoms with Crippen LogP contribution in [-0.2, 0) is 0 Å². The van der Waals surface area contributed by atoms with Crippen molar-refractivity contribution in [1.82, 2.24) is 15.1 Å². The van der Waals surface area contributed by atoms with Crippen molar-refractivity contribution >= 4 is 17.5 Å². The Kier molecular flexibility index (Phi) is 9.21. The molecule has 0 fully saturated rings. The van der Waals surface area contributed by atoms with Crippen LogP contribution in [0, 0.1) is 6.92 Å². The number of halogens is 1. The molecule has 7 nitrogen and oxygen atoms in total. The molecule has 1 unspecified atom stereocenters.